The summed E-state index contributed by atoms with van der Waals surface area (Å²) in [4.78, 5) is 12.9. The Hall–Kier alpha value is -1.40. The predicted octanol–water partition coefficient (Wildman–Crippen LogP) is 1.79. The first-order valence-electron chi connectivity index (χ1n) is 7.13. The van der Waals surface area contributed by atoms with E-state index in [0.717, 1.165) is 22.0 Å². The molecule has 0 spiro atoms. The molecule has 1 unspecified atom stereocenters. The summed E-state index contributed by atoms with van der Waals surface area (Å²) < 4.78 is 11.2. The molecule has 21 heavy (non-hydrogen) atoms. The molecular weight excluding hydrogens is 288 g/mol. The summed E-state index contributed by atoms with van der Waals surface area (Å²) in [6, 6.07) is 3.78. The van der Waals surface area contributed by atoms with Crippen molar-refractivity contribution in [2.24, 2.45) is 0 Å². The van der Waals surface area contributed by atoms with Crippen molar-refractivity contribution >= 4 is 17.7 Å². The molecule has 2 rings (SSSR count). The van der Waals surface area contributed by atoms with E-state index >= 15 is 0 Å². The van der Waals surface area contributed by atoms with Crippen molar-refractivity contribution in [1.82, 2.24) is 10.6 Å². The van der Waals surface area contributed by atoms with Crippen molar-refractivity contribution in [2.45, 2.75) is 31.3 Å². The lowest BCUT2D eigenvalue weighted by Crippen LogP contribution is -2.41. The Labute approximate surface area is 129 Å². The Morgan fingerprint density at radius 3 is 2.62 bits per heavy atom. The van der Waals surface area contributed by atoms with Gasteiger partial charge in [0.15, 0.2) is 11.5 Å². The van der Waals surface area contributed by atoms with Gasteiger partial charge >= 0.3 is 0 Å². The largest absolute Gasteiger partial charge is 0.486 e. The summed E-state index contributed by atoms with van der Waals surface area (Å²) in [5.41, 5.74) is 1.11. The maximum atomic E-state index is 11.7. The molecule has 0 saturated heterocycles. The SMILES string of the molecule is CCNC(=O)C(C)NCc1cc2c(cc1SC)OCCO2. The molecule has 1 aromatic carbocycles. The number of likely N-dealkylation sites (N-methyl/N-ethyl adjacent to an activating group) is 1. The van der Waals surface area contributed by atoms with Gasteiger partial charge in [-0.15, -0.1) is 11.8 Å². The molecule has 116 valence electrons. The van der Waals surface area contributed by atoms with E-state index in [-0.39, 0.29) is 11.9 Å². The van der Waals surface area contributed by atoms with Gasteiger partial charge < -0.3 is 20.1 Å². The number of benzene rings is 1. The van der Waals surface area contributed by atoms with E-state index in [1.165, 1.54) is 0 Å². The van der Waals surface area contributed by atoms with Crippen LogP contribution in [0.3, 0.4) is 0 Å². The molecule has 5 nitrogen and oxygen atoms in total. The van der Waals surface area contributed by atoms with Gasteiger partial charge in [0.05, 0.1) is 6.04 Å². The Bertz CT molecular complexity index is 508. The van der Waals surface area contributed by atoms with Crippen molar-refractivity contribution in [3.05, 3.63) is 17.7 Å². The number of ether oxygens (including phenoxy) is 2. The van der Waals surface area contributed by atoms with Crippen molar-refractivity contribution in [3.63, 3.8) is 0 Å². The summed E-state index contributed by atoms with van der Waals surface area (Å²) in [5.74, 6) is 1.59. The first kappa shape index (κ1) is 16.0. The number of hydrogen-bond donors (Lipinski definition) is 2. The molecule has 0 radical (unpaired) electrons. The Morgan fingerprint density at radius 2 is 2.00 bits per heavy atom. The molecule has 6 heteroatoms. The zero-order valence-electron chi connectivity index (χ0n) is 12.7. The normalized spacial score (nSPS) is 14.6. The second-order valence-electron chi connectivity index (χ2n) is 4.80. The van der Waals surface area contributed by atoms with Crippen LogP contribution in [0.15, 0.2) is 17.0 Å². The first-order chi connectivity index (χ1) is 10.2. The number of carbonyl (C=O) groups is 1. The molecule has 0 saturated carbocycles. The highest BCUT2D eigenvalue weighted by molar-refractivity contribution is 7.98. The van der Waals surface area contributed by atoms with Crippen molar-refractivity contribution in [2.75, 3.05) is 26.0 Å². The molecule has 0 bridgehead atoms. The highest BCUT2D eigenvalue weighted by atomic mass is 32.2. The molecule has 2 N–H and O–H groups in total. The highest BCUT2D eigenvalue weighted by Gasteiger charge is 2.17. The summed E-state index contributed by atoms with van der Waals surface area (Å²) in [7, 11) is 0. The van der Waals surface area contributed by atoms with Crippen LogP contribution in [0.2, 0.25) is 0 Å². The van der Waals surface area contributed by atoms with E-state index in [2.05, 4.69) is 10.6 Å². The third kappa shape index (κ3) is 4.04. The quantitative estimate of drug-likeness (QED) is 0.785. The average molecular weight is 310 g/mol. The first-order valence-corrected chi connectivity index (χ1v) is 8.35. The smallest absolute Gasteiger partial charge is 0.236 e. The Morgan fingerprint density at radius 1 is 1.33 bits per heavy atom. The molecule has 0 aliphatic carbocycles. The lowest BCUT2D eigenvalue weighted by Gasteiger charge is -2.21. The minimum atomic E-state index is -0.229. The topological polar surface area (TPSA) is 59.6 Å². The van der Waals surface area contributed by atoms with Crippen LogP contribution >= 0.6 is 11.8 Å². The van der Waals surface area contributed by atoms with Gasteiger partial charge in [0, 0.05) is 18.0 Å². The van der Waals surface area contributed by atoms with Crippen LogP contribution in [0.25, 0.3) is 0 Å². The summed E-state index contributed by atoms with van der Waals surface area (Å²) >= 11 is 1.66. The standard InChI is InChI=1S/C15H22N2O3S/c1-4-16-15(18)10(2)17-9-11-7-12-13(8-14(11)21-3)20-6-5-19-12/h7-8,10,17H,4-6,9H2,1-3H3,(H,16,18). The molecular formula is C15H22N2O3S. The van der Waals surface area contributed by atoms with Gasteiger partial charge in [0.25, 0.3) is 0 Å². The second kappa shape index (κ2) is 7.56. The average Bonchev–Trinajstić information content (AvgIpc) is 2.51. The molecule has 1 aromatic rings. The van der Waals surface area contributed by atoms with Crippen molar-refractivity contribution < 1.29 is 14.3 Å². The Kier molecular flexibility index (Phi) is 5.76. The number of carbonyl (C=O) groups excluding carboxylic acids is 1. The molecule has 1 aliphatic heterocycles. The van der Waals surface area contributed by atoms with Crippen LogP contribution in [0.5, 0.6) is 11.5 Å². The van der Waals surface area contributed by atoms with Crippen LogP contribution in [0.1, 0.15) is 19.4 Å². The molecule has 0 fully saturated rings. The van der Waals surface area contributed by atoms with Gasteiger partial charge in [0.2, 0.25) is 5.91 Å². The van der Waals surface area contributed by atoms with Gasteiger partial charge in [-0.05, 0) is 37.8 Å². The van der Waals surface area contributed by atoms with Crippen LogP contribution in [-0.4, -0.2) is 38.0 Å². The van der Waals surface area contributed by atoms with E-state index in [1.807, 2.05) is 32.2 Å². The zero-order valence-corrected chi connectivity index (χ0v) is 13.5. The van der Waals surface area contributed by atoms with E-state index < -0.39 is 0 Å². The Balaban J connectivity index is 2.06. The predicted molar refractivity (Wildman–Crippen MR) is 84.2 cm³/mol. The number of amides is 1. The summed E-state index contributed by atoms with van der Waals surface area (Å²) in [6.45, 7) is 6.20. The van der Waals surface area contributed by atoms with E-state index in [9.17, 15) is 4.79 Å². The number of rotatable bonds is 6. The summed E-state index contributed by atoms with van der Waals surface area (Å²) in [5, 5.41) is 6.05. The number of fused-ring (bicyclic) bond motifs is 1. The van der Waals surface area contributed by atoms with Crippen LogP contribution < -0.4 is 20.1 Å². The second-order valence-corrected chi connectivity index (χ2v) is 5.65. The monoisotopic (exact) mass is 310 g/mol. The maximum Gasteiger partial charge on any atom is 0.236 e. The third-order valence-electron chi connectivity index (χ3n) is 3.29. The zero-order chi connectivity index (χ0) is 15.2. The van der Waals surface area contributed by atoms with Crippen LogP contribution in [0, 0.1) is 0 Å². The third-order valence-corrected chi connectivity index (χ3v) is 4.11. The fourth-order valence-electron chi connectivity index (χ4n) is 2.12. The van der Waals surface area contributed by atoms with Gasteiger partial charge in [-0.25, -0.2) is 0 Å². The molecule has 1 aliphatic rings. The molecule has 1 amide bonds. The fourth-order valence-corrected chi connectivity index (χ4v) is 2.74. The van der Waals surface area contributed by atoms with E-state index in [4.69, 9.17) is 9.47 Å². The maximum absolute atomic E-state index is 11.7. The highest BCUT2D eigenvalue weighted by Crippen LogP contribution is 2.36. The van der Waals surface area contributed by atoms with Gasteiger partial charge in [-0.3, -0.25) is 4.79 Å². The lowest BCUT2D eigenvalue weighted by molar-refractivity contribution is -0.122. The minimum Gasteiger partial charge on any atom is -0.486 e. The van der Waals surface area contributed by atoms with Gasteiger partial charge in [0.1, 0.15) is 13.2 Å². The molecule has 1 heterocycles. The van der Waals surface area contributed by atoms with E-state index in [1.54, 1.807) is 11.8 Å². The molecule has 1 atom stereocenters. The van der Waals surface area contributed by atoms with Crippen molar-refractivity contribution in [1.29, 1.82) is 0 Å². The number of thioether (sulfide) groups is 1. The van der Waals surface area contributed by atoms with Crippen molar-refractivity contribution in [3.8, 4) is 11.5 Å². The van der Waals surface area contributed by atoms with Crippen LogP contribution in [0.4, 0.5) is 0 Å². The number of nitrogens with one attached hydrogen (secondary N) is 2. The minimum absolute atomic E-state index is 0.0146. The van der Waals surface area contributed by atoms with E-state index in [0.29, 0.717) is 26.3 Å². The molecule has 0 aromatic heterocycles. The number of hydrogen-bond acceptors (Lipinski definition) is 5. The lowest BCUT2D eigenvalue weighted by atomic mass is 10.1. The summed E-state index contributed by atoms with van der Waals surface area (Å²) in [6.07, 6.45) is 2.03. The van der Waals surface area contributed by atoms with Crippen LogP contribution in [-0.2, 0) is 11.3 Å². The van der Waals surface area contributed by atoms with Gasteiger partial charge in [-0.1, -0.05) is 0 Å². The van der Waals surface area contributed by atoms with Gasteiger partial charge in [-0.2, -0.15) is 0 Å². The fraction of sp³-hybridized carbons (Fsp3) is 0.533.